The van der Waals surface area contributed by atoms with Gasteiger partial charge >= 0.3 is 5.97 Å². The van der Waals surface area contributed by atoms with Crippen LogP contribution in [0.1, 0.15) is 15.4 Å². The molecule has 0 unspecified atom stereocenters. The van der Waals surface area contributed by atoms with Crippen molar-refractivity contribution < 1.29 is 14.3 Å². The number of benzene rings is 2. The molecule has 0 aliphatic rings. The van der Waals surface area contributed by atoms with Gasteiger partial charge in [-0.15, -0.1) is 11.3 Å². The van der Waals surface area contributed by atoms with Gasteiger partial charge in [-0.05, 0) is 48.0 Å². The number of carbonyl (C=O) groups excluding carboxylic acids is 1. The van der Waals surface area contributed by atoms with Crippen LogP contribution in [0.5, 0.6) is 11.5 Å². The van der Waals surface area contributed by atoms with Gasteiger partial charge in [0.1, 0.15) is 21.2 Å². The van der Waals surface area contributed by atoms with E-state index in [-0.39, 0.29) is 5.97 Å². The summed E-state index contributed by atoms with van der Waals surface area (Å²) in [5, 5.41) is 7.36. The minimum atomic E-state index is -0.358. The van der Waals surface area contributed by atoms with Gasteiger partial charge in [0.15, 0.2) is 0 Å². The second-order valence-corrected chi connectivity index (χ2v) is 6.83. The zero-order valence-corrected chi connectivity index (χ0v) is 14.9. The van der Waals surface area contributed by atoms with Gasteiger partial charge in [0, 0.05) is 12.4 Å². The van der Waals surface area contributed by atoms with Gasteiger partial charge < -0.3 is 9.47 Å². The number of carbonyl (C=O) groups is 1. The lowest BCUT2D eigenvalue weighted by Crippen LogP contribution is -2.06. The quantitative estimate of drug-likeness (QED) is 0.407. The van der Waals surface area contributed by atoms with Crippen molar-refractivity contribution in [2.45, 2.75) is 6.92 Å². The summed E-state index contributed by atoms with van der Waals surface area (Å²) in [6.07, 6.45) is 0. The molecule has 2 aromatic carbocycles. The molecule has 0 fully saturated rings. The van der Waals surface area contributed by atoms with Gasteiger partial charge in [0.25, 0.3) is 0 Å². The van der Waals surface area contributed by atoms with Crippen LogP contribution in [0.2, 0.25) is 0 Å². The molecule has 0 spiro atoms. The average Bonchev–Trinajstić information content (AvgIpc) is 3.16. The van der Waals surface area contributed by atoms with Crippen LogP contribution in [0.3, 0.4) is 0 Å². The molecule has 2 heterocycles. The molecule has 126 valence electrons. The molecule has 0 atom stereocenters. The molecule has 4 aromatic rings. The fraction of sp³-hybridized carbons (Fsp3) is 0.158. The number of hydrogen-bond donors (Lipinski definition) is 0. The van der Waals surface area contributed by atoms with E-state index < -0.39 is 0 Å². The van der Waals surface area contributed by atoms with E-state index in [1.165, 1.54) is 11.3 Å². The lowest BCUT2D eigenvalue weighted by molar-refractivity contribution is 0.0740. The first-order chi connectivity index (χ1) is 12.0. The highest BCUT2D eigenvalue weighted by molar-refractivity contribution is 7.20. The molecule has 0 aliphatic carbocycles. The van der Waals surface area contributed by atoms with E-state index >= 15 is 0 Å². The highest BCUT2D eigenvalue weighted by Crippen LogP contribution is 2.29. The first-order valence-electron chi connectivity index (χ1n) is 7.78. The van der Waals surface area contributed by atoms with Crippen LogP contribution >= 0.6 is 11.3 Å². The van der Waals surface area contributed by atoms with Crippen LogP contribution in [0.4, 0.5) is 0 Å². The summed E-state index contributed by atoms with van der Waals surface area (Å²) >= 11 is 1.39. The van der Waals surface area contributed by atoms with E-state index in [9.17, 15) is 4.79 Å². The highest BCUT2D eigenvalue weighted by atomic mass is 32.1. The van der Waals surface area contributed by atoms with E-state index in [2.05, 4.69) is 5.10 Å². The monoisotopic (exact) mass is 352 g/mol. The number of fused-ring (bicyclic) bond motifs is 2. The largest absolute Gasteiger partial charge is 0.497 e. The first kappa shape index (κ1) is 15.7. The molecule has 0 aliphatic heterocycles. The lowest BCUT2D eigenvalue weighted by Gasteiger charge is -2.06. The van der Waals surface area contributed by atoms with Crippen LogP contribution in [0.25, 0.3) is 21.0 Å². The zero-order valence-electron chi connectivity index (χ0n) is 14.1. The maximum Gasteiger partial charge on any atom is 0.353 e. The Kier molecular flexibility index (Phi) is 3.69. The van der Waals surface area contributed by atoms with E-state index in [0.717, 1.165) is 32.4 Å². The molecule has 25 heavy (non-hydrogen) atoms. The minimum Gasteiger partial charge on any atom is -0.497 e. The Morgan fingerprint density at radius 3 is 2.52 bits per heavy atom. The Morgan fingerprint density at radius 1 is 1.08 bits per heavy atom. The molecule has 6 heteroatoms. The summed E-state index contributed by atoms with van der Waals surface area (Å²) < 4.78 is 12.6. The molecule has 4 rings (SSSR count). The summed E-state index contributed by atoms with van der Waals surface area (Å²) in [6, 6.07) is 13.2. The molecule has 0 saturated heterocycles. The van der Waals surface area contributed by atoms with Crippen molar-refractivity contribution in [2.24, 2.45) is 7.05 Å². The molecule has 0 N–H and O–H groups in total. The Balaban J connectivity index is 1.64. The Bertz CT molecular complexity index is 1080. The first-order valence-corrected chi connectivity index (χ1v) is 8.60. The van der Waals surface area contributed by atoms with Gasteiger partial charge in [-0.1, -0.05) is 12.1 Å². The fourth-order valence-corrected chi connectivity index (χ4v) is 3.86. The van der Waals surface area contributed by atoms with E-state index in [1.807, 2.05) is 50.4 Å². The van der Waals surface area contributed by atoms with Crippen LogP contribution in [0, 0.1) is 6.92 Å². The summed E-state index contributed by atoms with van der Waals surface area (Å²) in [4.78, 5) is 14.0. The summed E-state index contributed by atoms with van der Waals surface area (Å²) in [7, 11) is 3.50. The lowest BCUT2D eigenvalue weighted by atomic mass is 10.1. The SMILES string of the molecule is COc1ccc2ccc(OC(=O)c3cc4c(C)nn(C)c4s3)cc2c1. The van der Waals surface area contributed by atoms with Crippen LogP contribution in [-0.2, 0) is 7.05 Å². The predicted molar refractivity (Wildman–Crippen MR) is 98.8 cm³/mol. The maximum absolute atomic E-state index is 12.5. The minimum absolute atomic E-state index is 0.358. The van der Waals surface area contributed by atoms with Gasteiger partial charge in [0.2, 0.25) is 0 Å². The van der Waals surface area contributed by atoms with Gasteiger partial charge in [-0.2, -0.15) is 5.10 Å². The van der Waals surface area contributed by atoms with E-state index in [4.69, 9.17) is 9.47 Å². The number of ether oxygens (including phenoxy) is 2. The third-order valence-electron chi connectivity index (χ3n) is 4.13. The Hall–Kier alpha value is -2.86. The normalized spacial score (nSPS) is 11.2. The van der Waals surface area contributed by atoms with Crippen LogP contribution in [-0.4, -0.2) is 22.9 Å². The third kappa shape index (κ3) is 2.74. The number of aryl methyl sites for hydroxylation is 2. The highest BCUT2D eigenvalue weighted by Gasteiger charge is 2.17. The number of hydrogen-bond acceptors (Lipinski definition) is 5. The van der Waals surface area contributed by atoms with Crippen LogP contribution in [0.15, 0.2) is 42.5 Å². The van der Waals surface area contributed by atoms with E-state index in [0.29, 0.717) is 10.6 Å². The predicted octanol–water partition coefficient (Wildman–Crippen LogP) is 4.32. The molecule has 0 saturated carbocycles. The van der Waals surface area contributed by atoms with Crippen molar-refractivity contribution in [1.29, 1.82) is 0 Å². The average molecular weight is 352 g/mol. The van der Waals surface area contributed by atoms with Crippen molar-refractivity contribution in [2.75, 3.05) is 7.11 Å². The van der Waals surface area contributed by atoms with Crippen molar-refractivity contribution in [3.05, 3.63) is 53.0 Å². The number of aromatic nitrogens is 2. The summed E-state index contributed by atoms with van der Waals surface area (Å²) in [5.74, 6) is 0.921. The Labute approximate surface area is 148 Å². The number of rotatable bonds is 3. The second-order valence-electron chi connectivity index (χ2n) is 5.80. The smallest absolute Gasteiger partial charge is 0.353 e. The van der Waals surface area contributed by atoms with Gasteiger partial charge in [-0.25, -0.2) is 4.79 Å². The second kappa shape index (κ2) is 5.89. The van der Waals surface area contributed by atoms with E-state index in [1.54, 1.807) is 17.9 Å². The third-order valence-corrected chi connectivity index (χ3v) is 5.31. The van der Waals surface area contributed by atoms with Gasteiger partial charge in [-0.3, -0.25) is 4.68 Å². The van der Waals surface area contributed by atoms with Gasteiger partial charge in [0.05, 0.1) is 12.8 Å². The van der Waals surface area contributed by atoms with Crippen molar-refractivity contribution in [3.8, 4) is 11.5 Å². The topological polar surface area (TPSA) is 53.4 Å². The van der Waals surface area contributed by atoms with Crippen molar-refractivity contribution >= 4 is 38.3 Å². The summed E-state index contributed by atoms with van der Waals surface area (Å²) in [6.45, 7) is 1.93. The van der Waals surface area contributed by atoms with Crippen LogP contribution < -0.4 is 9.47 Å². The fourth-order valence-electron chi connectivity index (χ4n) is 2.86. The molecule has 0 amide bonds. The number of methoxy groups -OCH3 is 1. The number of thiophene rings is 1. The summed E-state index contributed by atoms with van der Waals surface area (Å²) in [5.41, 5.74) is 0.908. The molecule has 5 nitrogen and oxygen atoms in total. The number of nitrogens with zero attached hydrogens (tertiary/aromatic N) is 2. The molecule has 2 aromatic heterocycles. The maximum atomic E-state index is 12.5. The molecular weight excluding hydrogens is 336 g/mol. The standard InChI is InChI=1S/C19H16N2O3S/c1-11-16-10-17(25-18(16)21(2)20-11)19(22)24-15-7-5-12-4-6-14(23-3)8-13(12)9-15/h4-10H,1-3H3. The Morgan fingerprint density at radius 2 is 1.80 bits per heavy atom. The van der Waals surface area contributed by atoms with Crippen molar-refractivity contribution in [1.82, 2.24) is 9.78 Å². The zero-order chi connectivity index (χ0) is 17.6. The number of esters is 1. The molecule has 0 radical (unpaired) electrons. The van der Waals surface area contributed by atoms with Crippen molar-refractivity contribution in [3.63, 3.8) is 0 Å². The molecule has 0 bridgehead atoms. The molecular formula is C19H16N2O3S.